The molecule has 5 heterocycles. The second-order valence-corrected chi connectivity index (χ2v) is 12.1. The number of nitrogens with two attached hydrogens (primary N) is 2. The predicted octanol–water partition coefficient (Wildman–Crippen LogP) is 2.95. The number of hydrogen-bond acceptors (Lipinski definition) is 8. The van der Waals surface area contributed by atoms with Gasteiger partial charge in [-0.2, -0.15) is 14.9 Å². The summed E-state index contributed by atoms with van der Waals surface area (Å²) in [5, 5.41) is 13.4. The zero-order valence-electron chi connectivity index (χ0n) is 21.3. The maximum Gasteiger partial charge on any atom is 0.209 e. The summed E-state index contributed by atoms with van der Waals surface area (Å²) in [5.74, 6) is 0.0872. The van der Waals surface area contributed by atoms with Crippen LogP contribution in [-0.2, 0) is 9.84 Å². The van der Waals surface area contributed by atoms with Crippen LogP contribution in [0.15, 0.2) is 64.7 Å². The van der Waals surface area contributed by atoms with Crippen LogP contribution in [0.25, 0.3) is 28.0 Å². The average molecular weight is 542 g/mol. The normalized spacial score (nSPS) is 21.3. The molecule has 0 aliphatic carbocycles. The van der Waals surface area contributed by atoms with Gasteiger partial charge in [-0.05, 0) is 31.7 Å². The molecule has 4 aromatic rings. The van der Waals surface area contributed by atoms with Crippen LogP contribution in [0.1, 0.15) is 37.3 Å². The summed E-state index contributed by atoms with van der Waals surface area (Å²) in [6.45, 7) is 0. The number of piperidine rings is 1. The summed E-state index contributed by atoms with van der Waals surface area (Å²) >= 11 is 0. The Morgan fingerprint density at radius 3 is 2.41 bits per heavy atom. The lowest BCUT2D eigenvalue weighted by Crippen LogP contribution is -2.49. The van der Waals surface area contributed by atoms with Crippen molar-refractivity contribution in [3.63, 3.8) is 0 Å². The van der Waals surface area contributed by atoms with E-state index in [1.54, 1.807) is 18.6 Å². The van der Waals surface area contributed by atoms with Crippen molar-refractivity contribution in [1.29, 1.82) is 5.26 Å². The molecule has 198 valence electrons. The van der Waals surface area contributed by atoms with Crippen LogP contribution in [-0.4, -0.2) is 57.2 Å². The van der Waals surface area contributed by atoms with Gasteiger partial charge in [-0.1, -0.05) is 36.4 Å². The van der Waals surface area contributed by atoms with Crippen LogP contribution >= 0.6 is 0 Å². The number of nitrogens with zero attached hydrogens (tertiary/aromatic N) is 7. The number of rotatable bonds is 4. The maximum atomic E-state index is 13.0. The third-order valence-electron chi connectivity index (χ3n) is 7.73. The quantitative estimate of drug-likeness (QED) is 0.224. The van der Waals surface area contributed by atoms with Crippen molar-refractivity contribution in [1.82, 2.24) is 24.5 Å². The van der Waals surface area contributed by atoms with Gasteiger partial charge < -0.3 is 16.4 Å². The largest absolute Gasteiger partial charge is 0.382 e. The van der Waals surface area contributed by atoms with Gasteiger partial charge in [-0.25, -0.2) is 13.4 Å². The van der Waals surface area contributed by atoms with Crippen molar-refractivity contribution in [2.45, 2.75) is 48.6 Å². The molecule has 3 atom stereocenters. The molecule has 0 radical (unpaired) electrons. The Bertz CT molecular complexity index is 1730. The van der Waals surface area contributed by atoms with Gasteiger partial charge in [-0.15, -0.1) is 4.99 Å². The van der Waals surface area contributed by atoms with Crippen molar-refractivity contribution in [3.8, 4) is 28.6 Å². The number of hydrogen-bond donors (Lipinski definition) is 2. The van der Waals surface area contributed by atoms with Crippen LogP contribution in [0.5, 0.6) is 0 Å². The fraction of sp³-hybridized carbons (Fsp3) is 0.296. The smallest absolute Gasteiger partial charge is 0.209 e. The number of fused-ring (bicyclic) bond motifs is 3. The van der Waals surface area contributed by atoms with E-state index < -0.39 is 9.84 Å². The topological polar surface area (TPSA) is 169 Å². The molecular formula is C27H27N9O2S. The summed E-state index contributed by atoms with van der Waals surface area (Å²) < 4.78 is 27.4. The minimum atomic E-state index is -3.72. The second-order valence-electron chi connectivity index (χ2n) is 10.1. The van der Waals surface area contributed by atoms with E-state index in [1.165, 1.54) is 4.52 Å². The van der Waals surface area contributed by atoms with Crippen molar-refractivity contribution in [2.24, 2.45) is 10.7 Å². The Hall–Kier alpha value is -4.50. The van der Waals surface area contributed by atoms with Crippen LogP contribution in [0.2, 0.25) is 0 Å². The Balaban J connectivity index is 1.43. The van der Waals surface area contributed by atoms with E-state index in [0.717, 1.165) is 35.9 Å². The number of aromatic nitrogens is 4. The number of nitriles is 1. The molecular weight excluding hydrogens is 514 g/mol. The summed E-state index contributed by atoms with van der Waals surface area (Å²) in [6, 6.07) is 13.8. The first-order valence-electron chi connectivity index (χ1n) is 12.7. The lowest BCUT2D eigenvalue weighted by molar-refractivity contribution is 0.209. The first-order valence-corrected chi connectivity index (χ1v) is 14.5. The van der Waals surface area contributed by atoms with Crippen molar-refractivity contribution in [3.05, 3.63) is 60.6 Å². The molecule has 4 N–H and O–H groups in total. The molecule has 2 aliphatic rings. The Labute approximate surface area is 225 Å². The molecule has 0 spiro atoms. The van der Waals surface area contributed by atoms with Gasteiger partial charge in [0.15, 0.2) is 15.5 Å². The van der Waals surface area contributed by atoms with Crippen LogP contribution < -0.4 is 11.5 Å². The van der Waals surface area contributed by atoms with E-state index in [0.29, 0.717) is 29.7 Å². The lowest BCUT2D eigenvalue weighted by atomic mass is 9.88. The zero-order valence-corrected chi connectivity index (χ0v) is 22.1. The van der Waals surface area contributed by atoms with Gasteiger partial charge in [-0.3, -0.25) is 4.98 Å². The molecule has 11 nitrogen and oxygen atoms in total. The molecule has 1 aromatic carbocycles. The van der Waals surface area contributed by atoms with E-state index in [1.807, 2.05) is 47.4 Å². The Kier molecular flexibility index (Phi) is 5.95. The molecule has 2 saturated heterocycles. The molecule has 6 rings (SSSR count). The standard InChI is InChI=1S/C27H27N9O2S/c1-39(37,38)24-23(18-11-19-8-9-20(12-18)35(19)27(30)32-15-28)34-26-21(14-33-36(26)25(24)29)17-7-10-22(31-13-17)16-5-3-2-4-6-16/h2-7,10,13-14,18-20H,8-9,11-12,29H2,1H3,(H2,30,32)/t18-,19+,20-. The first kappa shape index (κ1) is 24.8. The molecule has 2 aliphatic heterocycles. The molecule has 2 bridgehead atoms. The Morgan fingerprint density at radius 1 is 1.08 bits per heavy atom. The zero-order chi connectivity index (χ0) is 27.3. The van der Waals surface area contributed by atoms with Crippen LogP contribution in [0.4, 0.5) is 5.82 Å². The van der Waals surface area contributed by atoms with Gasteiger partial charge in [0, 0.05) is 47.1 Å². The van der Waals surface area contributed by atoms with Gasteiger partial charge in [0.2, 0.25) is 12.2 Å². The molecule has 0 amide bonds. The fourth-order valence-electron chi connectivity index (χ4n) is 6.09. The average Bonchev–Trinajstić information content (AvgIpc) is 3.47. The molecule has 39 heavy (non-hydrogen) atoms. The van der Waals surface area contributed by atoms with Crippen molar-refractivity contribution in [2.75, 3.05) is 12.0 Å². The van der Waals surface area contributed by atoms with E-state index in [-0.39, 0.29) is 34.7 Å². The highest BCUT2D eigenvalue weighted by Crippen LogP contribution is 2.45. The highest BCUT2D eigenvalue weighted by molar-refractivity contribution is 7.91. The number of pyridine rings is 1. The molecule has 2 fully saturated rings. The number of anilines is 1. The predicted molar refractivity (Wildman–Crippen MR) is 147 cm³/mol. The third kappa shape index (κ3) is 4.24. The summed E-state index contributed by atoms with van der Waals surface area (Å²) in [4.78, 5) is 15.3. The van der Waals surface area contributed by atoms with Crippen LogP contribution in [0.3, 0.4) is 0 Å². The molecule has 3 aromatic heterocycles. The molecule has 0 unspecified atom stereocenters. The van der Waals surface area contributed by atoms with Crippen molar-refractivity contribution >= 4 is 27.3 Å². The minimum Gasteiger partial charge on any atom is -0.382 e. The summed E-state index contributed by atoms with van der Waals surface area (Å²) in [7, 11) is -3.72. The number of nitrogen functional groups attached to an aromatic ring is 1. The van der Waals surface area contributed by atoms with Gasteiger partial charge >= 0.3 is 0 Å². The van der Waals surface area contributed by atoms with E-state index in [9.17, 15) is 8.42 Å². The van der Waals surface area contributed by atoms with E-state index in [2.05, 4.69) is 15.1 Å². The molecule has 12 heteroatoms. The van der Waals surface area contributed by atoms with Crippen molar-refractivity contribution < 1.29 is 8.42 Å². The maximum absolute atomic E-state index is 13.0. The van der Waals surface area contributed by atoms with Crippen LogP contribution in [0, 0.1) is 11.5 Å². The van der Waals surface area contributed by atoms with Gasteiger partial charge in [0.05, 0.1) is 17.6 Å². The van der Waals surface area contributed by atoms with Gasteiger partial charge in [0.25, 0.3) is 0 Å². The highest BCUT2D eigenvalue weighted by atomic mass is 32.2. The molecule has 0 saturated carbocycles. The summed E-state index contributed by atoms with van der Waals surface area (Å²) in [5.41, 5.74) is 16.8. The summed E-state index contributed by atoms with van der Waals surface area (Å²) in [6.07, 6.45) is 9.32. The van der Waals surface area contributed by atoms with E-state index in [4.69, 9.17) is 21.7 Å². The number of guanidine groups is 1. The number of sulfone groups is 1. The SMILES string of the molecule is CS(=O)(=O)c1c([C@H]2C[C@H]3CC[C@@H](C2)N3/C(N)=N/C#N)nc2c(-c3ccc(-c4ccccc4)nc3)cnn2c1N. The fourth-order valence-corrected chi connectivity index (χ4v) is 7.15. The second kappa shape index (κ2) is 9.36. The van der Waals surface area contributed by atoms with Gasteiger partial charge in [0.1, 0.15) is 10.7 Å². The van der Waals surface area contributed by atoms with E-state index >= 15 is 0 Å². The number of aliphatic imine (C=N–C) groups is 1. The minimum absolute atomic E-state index is 0.0127. The Morgan fingerprint density at radius 2 is 1.79 bits per heavy atom. The lowest BCUT2D eigenvalue weighted by Gasteiger charge is -2.39. The first-order chi connectivity index (χ1) is 18.8. The number of benzene rings is 1. The monoisotopic (exact) mass is 541 g/mol. The third-order valence-corrected chi connectivity index (χ3v) is 8.89. The highest BCUT2D eigenvalue weighted by Gasteiger charge is 2.44.